The number of rotatable bonds is 4. The molecule has 7 heteroatoms. The minimum atomic E-state index is -0.215. The molecule has 0 aliphatic carbocycles. The van der Waals surface area contributed by atoms with E-state index in [0.29, 0.717) is 17.1 Å². The third-order valence-corrected chi connectivity index (χ3v) is 4.05. The Morgan fingerprint density at radius 1 is 1.45 bits per heavy atom. The number of anilines is 2. The summed E-state index contributed by atoms with van der Waals surface area (Å²) < 4.78 is 0. The topological polar surface area (TPSA) is 74.3 Å². The number of aromatic nitrogens is 1. The lowest BCUT2D eigenvalue weighted by atomic mass is 10.1. The molecular weight excluding hydrogens is 300 g/mol. The predicted molar refractivity (Wildman–Crippen MR) is 86.2 cm³/mol. The summed E-state index contributed by atoms with van der Waals surface area (Å²) in [5.74, 6) is -0.256. The molecule has 114 valence electrons. The highest BCUT2D eigenvalue weighted by Gasteiger charge is 2.19. The van der Waals surface area contributed by atoms with Gasteiger partial charge < -0.3 is 10.2 Å². The Balaban J connectivity index is 1.71. The van der Waals surface area contributed by atoms with Gasteiger partial charge in [-0.05, 0) is 37.9 Å². The molecule has 2 amide bonds. The number of amides is 2. The quantitative estimate of drug-likeness (QED) is 0.904. The first-order valence-electron chi connectivity index (χ1n) is 6.84. The maximum atomic E-state index is 12.3. The minimum absolute atomic E-state index is 0.0409. The zero-order chi connectivity index (χ0) is 15.7. The van der Waals surface area contributed by atoms with Gasteiger partial charge in [-0.1, -0.05) is 0 Å². The Labute approximate surface area is 132 Å². The van der Waals surface area contributed by atoms with Crippen molar-refractivity contribution >= 4 is 34.0 Å². The molecule has 0 saturated carbocycles. The third kappa shape index (κ3) is 3.15. The molecule has 0 fully saturated rings. The molecule has 0 radical (unpaired) electrons. The van der Waals surface area contributed by atoms with Crippen LogP contribution in [-0.4, -0.2) is 35.8 Å². The SMILES string of the molecule is CN(C)Cc1csc(NC(=O)c2ccc3c(c2)CC(=O)N3)n1. The second-order valence-electron chi connectivity index (χ2n) is 5.43. The molecule has 22 heavy (non-hydrogen) atoms. The number of fused-ring (bicyclic) bond motifs is 1. The molecule has 0 spiro atoms. The smallest absolute Gasteiger partial charge is 0.257 e. The van der Waals surface area contributed by atoms with Crippen molar-refractivity contribution in [2.45, 2.75) is 13.0 Å². The van der Waals surface area contributed by atoms with Gasteiger partial charge in [-0.25, -0.2) is 4.98 Å². The molecule has 3 rings (SSSR count). The summed E-state index contributed by atoms with van der Waals surface area (Å²) in [6, 6.07) is 5.21. The average molecular weight is 316 g/mol. The van der Waals surface area contributed by atoms with Gasteiger partial charge in [0.15, 0.2) is 5.13 Å². The van der Waals surface area contributed by atoms with Gasteiger partial charge in [0.1, 0.15) is 0 Å². The number of nitrogens with zero attached hydrogens (tertiary/aromatic N) is 2. The largest absolute Gasteiger partial charge is 0.326 e. The second kappa shape index (κ2) is 5.86. The molecule has 0 saturated heterocycles. The molecule has 0 unspecified atom stereocenters. The molecule has 1 aliphatic heterocycles. The van der Waals surface area contributed by atoms with Gasteiger partial charge in [0.2, 0.25) is 5.91 Å². The van der Waals surface area contributed by atoms with Crippen molar-refractivity contribution in [2.24, 2.45) is 0 Å². The molecular formula is C15H16N4O2S. The summed E-state index contributed by atoms with van der Waals surface area (Å²) in [5, 5.41) is 8.06. The summed E-state index contributed by atoms with van der Waals surface area (Å²) in [5.41, 5.74) is 3.09. The van der Waals surface area contributed by atoms with Crippen LogP contribution in [0.1, 0.15) is 21.6 Å². The fourth-order valence-corrected chi connectivity index (χ4v) is 3.00. The highest BCUT2D eigenvalue weighted by atomic mass is 32.1. The lowest BCUT2D eigenvalue weighted by molar-refractivity contribution is -0.115. The maximum Gasteiger partial charge on any atom is 0.257 e. The van der Waals surface area contributed by atoms with Crippen LogP contribution in [0.3, 0.4) is 0 Å². The van der Waals surface area contributed by atoms with Gasteiger partial charge >= 0.3 is 0 Å². The minimum Gasteiger partial charge on any atom is -0.326 e. The van der Waals surface area contributed by atoms with E-state index in [-0.39, 0.29) is 11.8 Å². The van der Waals surface area contributed by atoms with Crippen LogP contribution in [-0.2, 0) is 17.8 Å². The monoisotopic (exact) mass is 316 g/mol. The van der Waals surface area contributed by atoms with Gasteiger partial charge in [-0.2, -0.15) is 0 Å². The summed E-state index contributed by atoms with van der Waals surface area (Å²) in [4.78, 5) is 30.0. The van der Waals surface area contributed by atoms with Crippen molar-refractivity contribution in [3.05, 3.63) is 40.4 Å². The Morgan fingerprint density at radius 3 is 3.05 bits per heavy atom. The fourth-order valence-electron chi connectivity index (χ4n) is 2.30. The normalized spacial score (nSPS) is 13.1. The first kappa shape index (κ1) is 14.7. The first-order valence-corrected chi connectivity index (χ1v) is 7.72. The number of hydrogen-bond acceptors (Lipinski definition) is 5. The lowest BCUT2D eigenvalue weighted by Crippen LogP contribution is -2.13. The molecule has 2 N–H and O–H groups in total. The van der Waals surface area contributed by atoms with E-state index in [0.717, 1.165) is 23.5 Å². The van der Waals surface area contributed by atoms with Gasteiger partial charge in [-0.15, -0.1) is 11.3 Å². The number of thiazole rings is 1. The van der Waals surface area contributed by atoms with Crippen LogP contribution in [0, 0.1) is 0 Å². The van der Waals surface area contributed by atoms with Crippen molar-refractivity contribution in [1.29, 1.82) is 0 Å². The highest BCUT2D eigenvalue weighted by Crippen LogP contribution is 2.24. The summed E-state index contributed by atoms with van der Waals surface area (Å²) >= 11 is 1.40. The number of benzene rings is 1. The second-order valence-corrected chi connectivity index (χ2v) is 6.29. The van der Waals surface area contributed by atoms with Crippen LogP contribution < -0.4 is 10.6 Å². The van der Waals surface area contributed by atoms with Crippen LogP contribution in [0.25, 0.3) is 0 Å². The van der Waals surface area contributed by atoms with Crippen molar-refractivity contribution in [1.82, 2.24) is 9.88 Å². The van der Waals surface area contributed by atoms with E-state index in [1.807, 2.05) is 24.4 Å². The van der Waals surface area contributed by atoms with Crippen LogP contribution in [0.15, 0.2) is 23.6 Å². The van der Waals surface area contributed by atoms with Crippen molar-refractivity contribution in [3.63, 3.8) is 0 Å². The molecule has 6 nitrogen and oxygen atoms in total. The average Bonchev–Trinajstić information content (AvgIpc) is 3.02. The van der Waals surface area contributed by atoms with Crippen molar-refractivity contribution < 1.29 is 9.59 Å². The van der Waals surface area contributed by atoms with Gasteiger partial charge in [0.25, 0.3) is 5.91 Å². The Kier molecular flexibility index (Phi) is 3.91. The third-order valence-electron chi connectivity index (χ3n) is 3.24. The number of carbonyl (C=O) groups is 2. The van der Waals surface area contributed by atoms with Gasteiger partial charge in [0, 0.05) is 23.2 Å². The molecule has 0 atom stereocenters. The highest BCUT2D eigenvalue weighted by molar-refractivity contribution is 7.13. The van der Waals surface area contributed by atoms with Crippen LogP contribution in [0.5, 0.6) is 0 Å². The number of hydrogen-bond donors (Lipinski definition) is 2. The number of carbonyl (C=O) groups excluding carboxylic acids is 2. The zero-order valence-electron chi connectivity index (χ0n) is 12.3. The first-order chi connectivity index (χ1) is 10.5. The Hall–Kier alpha value is -2.25. The summed E-state index contributed by atoms with van der Waals surface area (Å²) in [6.45, 7) is 0.735. The van der Waals surface area contributed by atoms with E-state index in [4.69, 9.17) is 0 Å². The molecule has 1 aromatic carbocycles. The number of nitrogens with one attached hydrogen (secondary N) is 2. The van der Waals surface area contributed by atoms with Crippen molar-refractivity contribution in [2.75, 3.05) is 24.7 Å². The predicted octanol–water partition coefficient (Wildman–Crippen LogP) is 1.95. The Bertz CT molecular complexity index is 739. The van der Waals surface area contributed by atoms with Gasteiger partial charge in [-0.3, -0.25) is 14.9 Å². The molecule has 2 heterocycles. The van der Waals surface area contributed by atoms with E-state index >= 15 is 0 Å². The van der Waals surface area contributed by atoms with Crippen LogP contribution >= 0.6 is 11.3 Å². The maximum absolute atomic E-state index is 12.3. The van der Waals surface area contributed by atoms with E-state index in [1.165, 1.54) is 11.3 Å². The standard InChI is InChI=1S/C15H16N4O2S/c1-19(2)7-11-8-22-15(16-11)18-14(21)9-3-4-12-10(5-9)6-13(20)17-12/h3-5,8H,6-7H2,1-2H3,(H,17,20)(H,16,18,21). The molecule has 0 bridgehead atoms. The summed E-state index contributed by atoms with van der Waals surface area (Å²) in [7, 11) is 3.94. The van der Waals surface area contributed by atoms with E-state index in [1.54, 1.807) is 18.2 Å². The van der Waals surface area contributed by atoms with Crippen LogP contribution in [0.2, 0.25) is 0 Å². The molecule has 1 aromatic heterocycles. The Morgan fingerprint density at radius 2 is 2.27 bits per heavy atom. The van der Waals surface area contributed by atoms with E-state index in [9.17, 15) is 9.59 Å². The zero-order valence-corrected chi connectivity index (χ0v) is 13.2. The van der Waals surface area contributed by atoms with Crippen LogP contribution in [0.4, 0.5) is 10.8 Å². The molecule has 1 aliphatic rings. The fraction of sp³-hybridized carbons (Fsp3) is 0.267. The summed E-state index contributed by atoms with van der Waals surface area (Å²) in [6.07, 6.45) is 0.320. The van der Waals surface area contributed by atoms with E-state index < -0.39 is 0 Å². The van der Waals surface area contributed by atoms with Gasteiger partial charge in [0.05, 0.1) is 12.1 Å². The lowest BCUT2D eigenvalue weighted by Gasteiger charge is -2.06. The van der Waals surface area contributed by atoms with Crippen molar-refractivity contribution in [3.8, 4) is 0 Å². The molecule has 2 aromatic rings. The van der Waals surface area contributed by atoms with E-state index in [2.05, 4.69) is 15.6 Å².